The minimum Gasteiger partial charge on any atom is -0.394 e. The zero-order valence-corrected chi connectivity index (χ0v) is 21.0. The van der Waals surface area contributed by atoms with E-state index in [-0.39, 0.29) is 23.0 Å². The number of amides is 2. The number of carbonyl (C=O) groups is 2. The van der Waals surface area contributed by atoms with Crippen LogP contribution in [0.15, 0.2) is 78.2 Å². The number of aliphatic hydroxyl groups is 2. The molecule has 3 heterocycles. The van der Waals surface area contributed by atoms with Crippen LogP contribution in [0.5, 0.6) is 0 Å². The molecule has 10 nitrogen and oxygen atoms in total. The normalized spacial score (nSPS) is 16.3. The van der Waals surface area contributed by atoms with Gasteiger partial charge < -0.3 is 20.8 Å². The summed E-state index contributed by atoms with van der Waals surface area (Å²) in [6.45, 7) is -0.521. The quantitative estimate of drug-likeness (QED) is 0.277. The first-order valence-electron chi connectivity index (χ1n) is 12.3. The Morgan fingerprint density at radius 1 is 1.13 bits per heavy atom. The highest BCUT2D eigenvalue weighted by atomic mass is 19.1. The van der Waals surface area contributed by atoms with E-state index in [0.717, 1.165) is 18.1 Å². The summed E-state index contributed by atoms with van der Waals surface area (Å²) in [7, 11) is 1.89. The topological polar surface area (TPSA) is 132 Å². The Bertz CT molecular complexity index is 1540. The SMILES string of the molecule is CN1N=CCC1c1ccn2c(C(=O)Nc3cc(C(=O)N[C@@H](CO)[C@@H](O)c4ccccc4)ccc3F)cnc2c1. The lowest BCUT2D eigenvalue weighted by Crippen LogP contribution is -2.42. The molecule has 4 aromatic rings. The Kier molecular flexibility index (Phi) is 7.35. The lowest BCUT2D eigenvalue weighted by atomic mass is 10.0. The van der Waals surface area contributed by atoms with Crippen LogP contribution in [0.2, 0.25) is 0 Å². The van der Waals surface area contributed by atoms with Crippen molar-refractivity contribution in [1.82, 2.24) is 19.7 Å². The minimum atomic E-state index is -1.16. The third-order valence-electron chi connectivity index (χ3n) is 6.71. The fourth-order valence-electron chi connectivity index (χ4n) is 4.54. The summed E-state index contributed by atoms with van der Waals surface area (Å²) >= 11 is 0. The van der Waals surface area contributed by atoms with Gasteiger partial charge in [-0.25, -0.2) is 9.37 Å². The molecule has 11 heteroatoms. The molecule has 39 heavy (non-hydrogen) atoms. The first-order valence-corrected chi connectivity index (χ1v) is 12.3. The molecule has 0 spiro atoms. The van der Waals surface area contributed by atoms with Crippen molar-refractivity contribution < 1.29 is 24.2 Å². The molecule has 0 fully saturated rings. The number of nitrogens with one attached hydrogen (secondary N) is 2. The molecule has 5 rings (SSSR count). The number of imidazole rings is 1. The van der Waals surface area contributed by atoms with E-state index in [0.29, 0.717) is 11.2 Å². The molecule has 0 bridgehead atoms. The van der Waals surface area contributed by atoms with Gasteiger partial charge in [-0.15, -0.1) is 0 Å². The number of benzene rings is 2. The summed E-state index contributed by atoms with van der Waals surface area (Å²) in [6, 6.07) is 15.0. The van der Waals surface area contributed by atoms with Gasteiger partial charge in [0.2, 0.25) is 0 Å². The number of nitrogens with zero attached hydrogens (tertiary/aromatic N) is 4. The maximum atomic E-state index is 14.6. The van der Waals surface area contributed by atoms with Crippen molar-refractivity contribution in [1.29, 1.82) is 0 Å². The van der Waals surface area contributed by atoms with Crippen LogP contribution in [0, 0.1) is 5.82 Å². The summed E-state index contributed by atoms with van der Waals surface area (Å²) in [4.78, 5) is 30.3. The Balaban J connectivity index is 1.31. The summed E-state index contributed by atoms with van der Waals surface area (Å²) in [5.74, 6) is -1.99. The van der Waals surface area contributed by atoms with Crippen LogP contribution < -0.4 is 10.6 Å². The second-order valence-corrected chi connectivity index (χ2v) is 9.22. The van der Waals surface area contributed by atoms with E-state index >= 15 is 0 Å². The number of carbonyl (C=O) groups excluding carboxylic acids is 2. The van der Waals surface area contributed by atoms with Crippen LogP contribution in [0.3, 0.4) is 0 Å². The van der Waals surface area contributed by atoms with E-state index in [1.54, 1.807) is 40.9 Å². The molecule has 2 amide bonds. The summed E-state index contributed by atoms with van der Waals surface area (Å²) < 4.78 is 16.2. The van der Waals surface area contributed by atoms with Crippen LogP contribution in [-0.4, -0.2) is 62.3 Å². The molecule has 1 aliphatic heterocycles. The molecule has 0 radical (unpaired) electrons. The van der Waals surface area contributed by atoms with Crippen LogP contribution >= 0.6 is 0 Å². The van der Waals surface area contributed by atoms with Crippen molar-refractivity contribution in [2.75, 3.05) is 19.0 Å². The van der Waals surface area contributed by atoms with Gasteiger partial charge >= 0.3 is 0 Å². The van der Waals surface area contributed by atoms with Crippen molar-refractivity contribution in [3.63, 3.8) is 0 Å². The number of halogens is 1. The lowest BCUT2D eigenvalue weighted by Gasteiger charge is -2.22. The van der Waals surface area contributed by atoms with Crippen LogP contribution in [0.25, 0.3) is 5.65 Å². The average Bonchev–Trinajstić information content (AvgIpc) is 3.58. The van der Waals surface area contributed by atoms with Gasteiger partial charge in [0.25, 0.3) is 11.8 Å². The van der Waals surface area contributed by atoms with Gasteiger partial charge in [-0.2, -0.15) is 5.10 Å². The molecule has 0 aliphatic carbocycles. The largest absolute Gasteiger partial charge is 0.394 e. The summed E-state index contributed by atoms with van der Waals surface area (Å²) in [5, 5.41) is 31.5. The molecular weight excluding hydrogens is 503 g/mol. The number of hydrazone groups is 1. The predicted octanol–water partition coefficient (Wildman–Crippen LogP) is 2.91. The van der Waals surface area contributed by atoms with Gasteiger partial charge in [0.15, 0.2) is 0 Å². The fraction of sp³-hybridized carbons (Fsp3) is 0.214. The highest BCUT2D eigenvalue weighted by Gasteiger charge is 2.24. The Labute approximate surface area is 223 Å². The van der Waals surface area contributed by atoms with Crippen molar-refractivity contribution in [3.05, 3.63) is 101 Å². The van der Waals surface area contributed by atoms with Crippen LogP contribution in [-0.2, 0) is 0 Å². The monoisotopic (exact) mass is 530 g/mol. The second kappa shape index (κ2) is 11.0. The Morgan fingerprint density at radius 2 is 1.92 bits per heavy atom. The van der Waals surface area contributed by atoms with Crippen molar-refractivity contribution in [2.45, 2.75) is 24.6 Å². The third-order valence-corrected chi connectivity index (χ3v) is 6.71. The zero-order valence-electron chi connectivity index (χ0n) is 21.0. The van der Waals surface area contributed by atoms with E-state index in [4.69, 9.17) is 0 Å². The maximum absolute atomic E-state index is 14.6. The smallest absolute Gasteiger partial charge is 0.274 e. The number of anilines is 1. The average molecular weight is 531 g/mol. The number of hydrogen-bond donors (Lipinski definition) is 4. The zero-order chi connectivity index (χ0) is 27.5. The van der Waals surface area contributed by atoms with Crippen molar-refractivity contribution >= 4 is 29.4 Å². The minimum absolute atomic E-state index is 0.0381. The van der Waals surface area contributed by atoms with Gasteiger partial charge in [0, 0.05) is 31.4 Å². The fourth-order valence-corrected chi connectivity index (χ4v) is 4.54. The molecule has 1 unspecified atom stereocenters. The highest BCUT2D eigenvalue weighted by molar-refractivity contribution is 6.04. The van der Waals surface area contributed by atoms with Gasteiger partial charge in [-0.05, 0) is 41.5 Å². The second-order valence-electron chi connectivity index (χ2n) is 9.22. The van der Waals surface area contributed by atoms with Crippen LogP contribution in [0.4, 0.5) is 10.1 Å². The van der Waals surface area contributed by atoms with E-state index in [9.17, 15) is 24.2 Å². The van der Waals surface area contributed by atoms with E-state index in [2.05, 4.69) is 20.7 Å². The van der Waals surface area contributed by atoms with Crippen molar-refractivity contribution in [3.8, 4) is 0 Å². The molecule has 0 saturated heterocycles. The van der Waals surface area contributed by atoms with Gasteiger partial charge in [-0.1, -0.05) is 30.3 Å². The van der Waals surface area contributed by atoms with E-state index in [1.807, 2.05) is 30.4 Å². The first-order chi connectivity index (χ1) is 18.9. The first kappa shape index (κ1) is 26.0. The van der Waals surface area contributed by atoms with Gasteiger partial charge in [0.05, 0.1) is 30.6 Å². The highest BCUT2D eigenvalue weighted by Crippen LogP contribution is 2.27. The number of aliphatic hydroxyl groups excluding tert-OH is 2. The van der Waals surface area contributed by atoms with Crippen molar-refractivity contribution in [2.24, 2.45) is 5.10 Å². The Morgan fingerprint density at radius 3 is 2.64 bits per heavy atom. The maximum Gasteiger partial charge on any atom is 0.274 e. The van der Waals surface area contributed by atoms with Gasteiger partial charge in [-0.3, -0.25) is 19.0 Å². The standard InChI is InChI=1S/C28H27FN6O4/c1-34-23(9-11-31-34)18-10-12-35-24(15-30-25(35)14-18)28(39)32-21-13-19(7-8-20(21)29)27(38)33-22(16-36)26(37)17-5-3-2-4-6-17/h2-8,10-15,22-23,26,36-37H,9,16H2,1H3,(H,32,39)(H,33,38)/t22-,23?,26-/m0/s1. The summed E-state index contributed by atoms with van der Waals surface area (Å²) in [6.07, 6.45) is 4.59. The van der Waals surface area contributed by atoms with E-state index < -0.39 is 36.4 Å². The number of hydrogen-bond acceptors (Lipinski definition) is 7. The molecule has 0 saturated carbocycles. The molecule has 1 aliphatic rings. The van der Waals surface area contributed by atoms with Crippen LogP contribution in [0.1, 0.15) is 50.5 Å². The summed E-state index contributed by atoms with van der Waals surface area (Å²) in [5.41, 5.74) is 2.10. The Hall–Kier alpha value is -4.61. The molecule has 4 N–H and O–H groups in total. The molecular formula is C28H27FN6O4. The molecule has 2 aromatic carbocycles. The number of rotatable bonds is 8. The molecule has 200 valence electrons. The molecule has 3 atom stereocenters. The molecule has 2 aromatic heterocycles. The van der Waals surface area contributed by atoms with E-state index in [1.165, 1.54) is 18.3 Å². The lowest BCUT2D eigenvalue weighted by molar-refractivity contribution is 0.0703. The number of pyridine rings is 1. The third kappa shape index (κ3) is 5.35. The predicted molar refractivity (Wildman–Crippen MR) is 143 cm³/mol. The number of fused-ring (bicyclic) bond motifs is 1. The number of aromatic nitrogens is 2. The van der Waals surface area contributed by atoms with Gasteiger partial charge in [0.1, 0.15) is 23.3 Å².